The molecule has 3 heterocycles. The van der Waals surface area contributed by atoms with Crippen molar-refractivity contribution < 1.29 is 31.6 Å². The Morgan fingerprint density at radius 1 is 1.11 bits per heavy atom. The molecule has 228 valence electrons. The minimum Gasteiger partial charge on any atom is -0.455 e. The van der Waals surface area contributed by atoms with Gasteiger partial charge in [-0.25, -0.2) is 12.8 Å². The number of benzene rings is 3. The van der Waals surface area contributed by atoms with Gasteiger partial charge in [0.05, 0.1) is 36.2 Å². The molecule has 0 saturated carbocycles. The first-order valence-corrected chi connectivity index (χ1v) is 15.8. The second kappa shape index (κ2) is 11.1. The molecule has 0 spiro atoms. The number of carbonyl (C=O) groups excluding carboxylic acids is 2. The van der Waals surface area contributed by atoms with Crippen molar-refractivity contribution in [3.63, 3.8) is 0 Å². The van der Waals surface area contributed by atoms with E-state index in [9.17, 15) is 22.4 Å². The molecule has 0 unspecified atom stereocenters. The highest BCUT2D eigenvalue weighted by atomic mass is 32.2. The number of amides is 2. The van der Waals surface area contributed by atoms with Crippen molar-refractivity contribution in [2.24, 2.45) is 0 Å². The van der Waals surface area contributed by atoms with Gasteiger partial charge in [-0.05, 0) is 25.1 Å². The predicted molar refractivity (Wildman–Crippen MR) is 166 cm³/mol. The van der Waals surface area contributed by atoms with Gasteiger partial charge < -0.3 is 24.4 Å². The smallest absolute Gasteiger partial charge is 0.270 e. The van der Waals surface area contributed by atoms with E-state index in [4.69, 9.17) is 9.15 Å². The van der Waals surface area contributed by atoms with E-state index < -0.39 is 21.9 Å². The summed E-state index contributed by atoms with van der Waals surface area (Å²) in [6.07, 6.45) is 0.344. The van der Waals surface area contributed by atoms with Crippen molar-refractivity contribution in [2.75, 3.05) is 44.4 Å². The Morgan fingerprint density at radius 2 is 1.86 bits per heavy atom. The Kier molecular flexibility index (Phi) is 7.42. The van der Waals surface area contributed by atoms with Crippen LogP contribution in [0.3, 0.4) is 0 Å². The van der Waals surface area contributed by atoms with E-state index in [2.05, 4.69) is 10.3 Å². The Bertz CT molecular complexity index is 2030. The summed E-state index contributed by atoms with van der Waals surface area (Å²) in [6.45, 7) is 2.49. The van der Waals surface area contributed by atoms with Gasteiger partial charge in [0.2, 0.25) is 10.0 Å². The molecule has 10 nitrogen and oxygen atoms in total. The second-order valence-corrected chi connectivity index (χ2v) is 12.9. The van der Waals surface area contributed by atoms with E-state index in [0.717, 1.165) is 16.1 Å². The van der Waals surface area contributed by atoms with E-state index in [1.54, 1.807) is 35.2 Å². The highest BCUT2D eigenvalue weighted by molar-refractivity contribution is 7.92. The zero-order valence-electron chi connectivity index (χ0n) is 24.6. The summed E-state index contributed by atoms with van der Waals surface area (Å²) in [7, 11) is -0.774. The van der Waals surface area contributed by atoms with Gasteiger partial charge in [-0.2, -0.15) is 0 Å². The first-order chi connectivity index (χ1) is 21.0. The minimum absolute atomic E-state index is 0.0881. The molecule has 2 N–H and O–H groups in total. The Balaban J connectivity index is 1.46. The van der Waals surface area contributed by atoms with Crippen molar-refractivity contribution >= 4 is 49.4 Å². The van der Waals surface area contributed by atoms with E-state index in [1.807, 2.05) is 31.2 Å². The number of hydrogen-bond acceptors (Lipinski definition) is 6. The summed E-state index contributed by atoms with van der Waals surface area (Å²) >= 11 is 0. The van der Waals surface area contributed by atoms with Crippen molar-refractivity contribution in [3.05, 3.63) is 88.9 Å². The molecule has 12 heteroatoms. The number of morpholine rings is 1. The molecule has 3 aromatic carbocycles. The molecule has 1 aliphatic heterocycles. The number of carbonyl (C=O) groups is 2. The molecule has 2 amide bonds. The van der Waals surface area contributed by atoms with E-state index >= 15 is 0 Å². The number of rotatable bonds is 6. The third kappa shape index (κ3) is 5.20. The van der Waals surface area contributed by atoms with Crippen LogP contribution in [0.5, 0.6) is 0 Å². The molecule has 44 heavy (non-hydrogen) atoms. The van der Waals surface area contributed by atoms with Gasteiger partial charge in [-0.3, -0.25) is 13.9 Å². The van der Waals surface area contributed by atoms with E-state index in [1.165, 1.54) is 20.2 Å². The number of sulfonamides is 1. The number of halogens is 1. The molecule has 5 aromatic rings. The molecule has 0 aliphatic carbocycles. The van der Waals surface area contributed by atoms with Crippen LogP contribution in [-0.4, -0.2) is 70.2 Å². The lowest BCUT2D eigenvalue weighted by Crippen LogP contribution is -2.42. The number of para-hydroxylation sites is 1. The number of H-pyrrole nitrogens is 1. The molecular weight excluding hydrogens is 587 g/mol. The molecule has 6 rings (SSSR count). The lowest BCUT2D eigenvalue weighted by atomic mass is 9.98. The zero-order chi connectivity index (χ0) is 31.3. The highest BCUT2D eigenvalue weighted by Gasteiger charge is 2.32. The Hall–Kier alpha value is -4.68. The molecule has 1 fully saturated rings. The normalized spacial score (nSPS) is 15.6. The number of ether oxygens (including phenoxy) is 1. The topological polar surface area (TPSA) is 125 Å². The van der Waals surface area contributed by atoms with Crippen LogP contribution in [0.15, 0.2) is 65.1 Å². The lowest BCUT2D eigenvalue weighted by molar-refractivity contribution is -0.0226. The van der Waals surface area contributed by atoms with Crippen molar-refractivity contribution in [3.8, 4) is 11.3 Å². The van der Waals surface area contributed by atoms with Crippen LogP contribution in [0.2, 0.25) is 0 Å². The van der Waals surface area contributed by atoms with Crippen molar-refractivity contribution in [1.29, 1.82) is 0 Å². The number of nitrogens with one attached hydrogen (secondary N) is 2. The fraction of sp³-hybridized carbons (Fsp3) is 0.250. The number of fused-ring (bicyclic) bond motifs is 2. The van der Waals surface area contributed by atoms with Crippen molar-refractivity contribution in [1.82, 2.24) is 15.2 Å². The largest absolute Gasteiger partial charge is 0.455 e. The standard InChI is InChI=1S/C32H31FN4O6S/c1-18-8-10-19(11-9-18)30-28(31(38)34-2)22-15-21(25(16-26(22)43-30)36(3)44(4,40)41)27-17-37(12-13-42-27)32(39)24-14-20-6-5-7-23(33)29(20)35-24/h5-11,14-16,27,35H,12-13,17H2,1-4H3,(H,34,38)/t27-/m1/s1. The number of nitrogens with zero attached hydrogens (tertiary/aromatic N) is 2. The molecule has 1 aliphatic rings. The van der Waals surface area contributed by atoms with Crippen LogP contribution in [0.4, 0.5) is 10.1 Å². The van der Waals surface area contributed by atoms with Gasteiger partial charge >= 0.3 is 0 Å². The van der Waals surface area contributed by atoms with Gasteiger partial charge in [0.25, 0.3) is 11.8 Å². The lowest BCUT2D eigenvalue weighted by Gasteiger charge is -2.34. The minimum atomic E-state index is -3.72. The molecular formula is C32H31FN4O6S. The molecule has 0 bridgehead atoms. The van der Waals surface area contributed by atoms with Crippen LogP contribution in [0, 0.1) is 12.7 Å². The van der Waals surface area contributed by atoms with Gasteiger partial charge in [0, 0.05) is 48.6 Å². The molecule has 0 radical (unpaired) electrons. The summed E-state index contributed by atoms with van der Waals surface area (Å²) < 4.78 is 53.3. The van der Waals surface area contributed by atoms with Crippen LogP contribution >= 0.6 is 0 Å². The summed E-state index contributed by atoms with van der Waals surface area (Å²) in [5, 5.41) is 3.72. The Morgan fingerprint density at radius 3 is 2.55 bits per heavy atom. The van der Waals surface area contributed by atoms with Gasteiger partial charge in [0.15, 0.2) is 0 Å². The quantitative estimate of drug-likeness (QED) is 0.276. The average Bonchev–Trinajstić information content (AvgIpc) is 3.62. The summed E-state index contributed by atoms with van der Waals surface area (Å²) in [5.74, 6) is -0.831. The maximum Gasteiger partial charge on any atom is 0.270 e. The monoisotopic (exact) mass is 618 g/mol. The SMILES string of the molecule is CNC(=O)c1c(-c2ccc(C)cc2)oc2cc(N(C)S(C)(=O)=O)c([C@H]3CN(C(=O)c4cc5cccc(F)c5[nH]4)CCO3)cc12. The first kappa shape index (κ1) is 29.4. The van der Waals surface area contributed by atoms with Gasteiger partial charge in [-0.1, -0.05) is 42.0 Å². The zero-order valence-corrected chi connectivity index (χ0v) is 25.4. The number of furan rings is 1. The van der Waals surface area contributed by atoms with Crippen LogP contribution in [-0.2, 0) is 14.8 Å². The van der Waals surface area contributed by atoms with E-state index in [-0.39, 0.29) is 42.7 Å². The number of aromatic nitrogens is 1. The van der Waals surface area contributed by atoms with Gasteiger partial charge in [0.1, 0.15) is 29.0 Å². The average molecular weight is 619 g/mol. The number of aryl methyl sites for hydroxylation is 1. The van der Waals surface area contributed by atoms with Crippen LogP contribution in [0.25, 0.3) is 33.2 Å². The van der Waals surface area contributed by atoms with Gasteiger partial charge in [-0.15, -0.1) is 0 Å². The highest BCUT2D eigenvalue weighted by Crippen LogP contribution is 2.41. The summed E-state index contributed by atoms with van der Waals surface area (Å²) in [6, 6.07) is 17.0. The number of hydrogen-bond donors (Lipinski definition) is 2. The summed E-state index contributed by atoms with van der Waals surface area (Å²) in [5.41, 5.74) is 3.57. The number of anilines is 1. The van der Waals surface area contributed by atoms with E-state index in [0.29, 0.717) is 44.5 Å². The Labute approximate surface area is 253 Å². The first-order valence-electron chi connectivity index (χ1n) is 14.0. The van der Waals surface area contributed by atoms with Crippen LogP contribution < -0.4 is 9.62 Å². The molecule has 1 saturated heterocycles. The predicted octanol–water partition coefficient (Wildman–Crippen LogP) is 5.00. The molecule has 1 atom stereocenters. The second-order valence-electron chi connectivity index (χ2n) is 10.9. The fourth-order valence-corrected chi connectivity index (χ4v) is 6.06. The maximum atomic E-state index is 14.3. The molecule has 2 aromatic heterocycles. The van der Waals surface area contributed by atoms with Crippen LogP contribution in [0.1, 0.15) is 38.1 Å². The van der Waals surface area contributed by atoms with Crippen molar-refractivity contribution in [2.45, 2.75) is 13.0 Å². The third-order valence-corrected chi connectivity index (χ3v) is 9.17. The summed E-state index contributed by atoms with van der Waals surface area (Å²) in [4.78, 5) is 31.2. The maximum absolute atomic E-state index is 14.3. The number of aromatic amines is 1. The fourth-order valence-electron chi connectivity index (χ4n) is 5.54. The third-order valence-electron chi connectivity index (χ3n) is 7.98.